The largest absolute Gasteiger partial charge is 0.372 e. The van der Waals surface area contributed by atoms with E-state index in [2.05, 4.69) is 4.98 Å². The molecule has 0 unspecified atom stereocenters. The first-order valence-corrected chi connectivity index (χ1v) is 6.91. The van der Waals surface area contributed by atoms with Gasteiger partial charge in [0.15, 0.2) is 10.8 Å². The Balaban J connectivity index is 1.98. The molecule has 3 heterocycles. The molecule has 1 fully saturated rings. The lowest BCUT2D eigenvalue weighted by atomic mass is 10.1. The Labute approximate surface area is 122 Å². The summed E-state index contributed by atoms with van der Waals surface area (Å²) in [5, 5.41) is 0.241. The number of carbonyl (C=O) groups is 1. The molecule has 0 saturated carbocycles. The van der Waals surface area contributed by atoms with Crippen molar-refractivity contribution in [1.29, 1.82) is 0 Å². The minimum absolute atomic E-state index is 0.106. The van der Waals surface area contributed by atoms with Crippen LogP contribution in [0.3, 0.4) is 0 Å². The third kappa shape index (κ3) is 2.27. The monoisotopic (exact) mass is 293 g/mol. The highest BCUT2D eigenvalue weighted by molar-refractivity contribution is 6.32. The molecule has 106 valence electrons. The fourth-order valence-electron chi connectivity index (χ4n) is 2.50. The Morgan fingerprint density at radius 1 is 1.45 bits per heavy atom. The van der Waals surface area contributed by atoms with Crippen molar-refractivity contribution in [3.8, 4) is 0 Å². The number of nitrogens with zero attached hydrogens (tertiary/aromatic N) is 3. The summed E-state index contributed by atoms with van der Waals surface area (Å²) in [6.07, 6.45) is 1.80. The van der Waals surface area contributed by atoms with Crippen molar-refractivity contribution in [3.63, 3.8) is 0 Å². The summed E-state index contributed by atoms with van der Waals surface area (Å²) in [5.41, 5.74) is 0.759. The number of halogens is 1. The van der Waals surface area contributed by atoms with Crippen LogP contribution >= 0.6 is 11.6 Å². The number of ether oxygens (including phenoxy) is 1. The topological polar surface area (TPSA) is 46.8 Å². The molecule has 2 aromatic heterocycles. The highest BCUT2D eigenvalue weighted by Crippen LogP contribution is 2.23. The predicted molar refractivity (Wildman–Crippen MR) is 76.1 cm³/mol. The van der Waals surface area contributed by atoms with Crippen LogP contribution in [0.4, 0.5) is 0 Å². The Hall–Kier alpha value is -1.59. The number of rotatable bonds is 1. The average Bonchev–Trinajstić information content (AvgIpc) is 2.72. The van der Waals surface area contributed by atoms with E-state index < -0.39 is 0 Å². The van der Waals surface area contributed by atoms with E-state index in [4.69, 9.17) is 16.3 Å². The van der Waals surface area contributed by atoms with E-state index in [1.165, 1.54) is 0 Å². The van der Waals surface area contributed by atoms with Gasteiger partial charge in [-0.1, -0.05) is 17.7 Å². The number of fused-ring (bicyclic) bond motifs is 1. The van der Waals surface area contributed by atoms with Crippen LogP contribution in [0.5, 0.6) is 0 Å². The van der Waals surface area contributed by atoms with Crippen LogP contribution in [0, 0.1) is 0 Å². The summed E-state index contributed by atoms with van der Waals surface area (Å²) in [4.78, 5) is 18.7. The molecule has 0 aliphatic carbocycles. The molecular formula is C14H16ClN3O2. The Kier molecular flexibility index (Phi) is 3.18. The van der Waals surface area contributed by atoms with Crippen molar-refractivity contribution in [2.45, 2.75) is 19.4 Å². The van der Waals surface area contributed by atoms with Gasteiger partial charge in [0.2, 0.25) is 0 Å². The molecule has 0 aromatic carbocycles. The molecule has 6 heteroatoms. The molecule has 20 heavy (non-hydrogen) atoms. The predicted octanol–water partition coefficient (Wildman–Crippen LogP) is 2.24. The molecule has 0 bridgehead atoms. The maximum absolute atomic E-state index is 12.7. The number of hydrogen-bond acceptors (Lipinski definition) is 3. The maximum Gasteiger partial charge on any atom is 0.274 e. The number of aromatic nitrogens is 2. The second-order valence-corrected chi connectivity index (χ2v) is 5.87. The Bertz CT molecular complexity index is 665. The molecule has 1 aliphatic rings. The third-order valence-corrected chi connectivity index (χ3v) is 3.67. The molecule has 0 spiro atoms. The quantitative estimate of drug-likeness (QED) is 0.810. The smallest absolute Gasteiger partial charge is 0.274 e. The fourth-order valence-corrected chi connectivity index (χ4v) is 2.76. The molecule has 2 aromatic rings. The second-order valence-electron chi connectivity index (χ2n) is 5.51. The van der Waals surface area contributed by atoms with Crippen LogP contribution in [0.2, 0.25) is 5.15 Å². The molecule has 1 amide bonds. The van der Waals surface area contributed by atoms with Crippen molar-refractivity contribution < 1.29 is 9.53 Å². The van der Waals surface area contributed by atoms with Gasteiger partial charge in [-0.25, -0.2) is 4.98 Å². The van der Waals surface area contributed by atoms with Gasteiger partial charge in [0.05, 0.1) is 12.2 Å². The highest BCUT2D eigenvalue weighted by Gasteiger charge is 2.32. The summed E-state index contributed by atoms with van der Waals surface area (Å²) in [5.74, 6) is -0.106. The fraction of sp³-hybridized carbons (Fsp3) is 0.429. The van der Waals surface area contributed by atoms with E-state index in [0.29, 0.717) is 31.0 Å². The van der Waals surface area contributed by atoms with Crippen LogP contribution in [-0.2, 0) is 4.74 Å². The summed E-state index contributed by atoms with van der Waals surface area (Å²) in [6.45, 7) is 5.60. The van der Waals surface area contributed by atoms with Crippen LogP contribution in [0.1, 0.15) is 24.3 Å². The van der Waals surface area contributed by atoms with E-state index in [0.717, 1.165) is 0 Å². The minimum Gasteiger partial charge on any atom is -0.372 e. The Morgan fingerprint density at radius 3 is 3.00 bits per heavy atom. The van der Waals surface area contributed by atoms with Crippen molar-refractivity contribution in [2.24, 2.45) is 0 Å². The molecular weight excluding hydrogens is 278 g/mol. The van der Waals surface area contributed by atoms with Gasteiger partial charge >= 0.3 is 0 Å². The van der Waals surface area contributed by atoms with Gasteiger partial charge < -0.3 is 9.64 Å². The lowest BCUT2D eigenvalue weighted by Crippen LogP contribution is -2.50. The number of carbonyl (C=O) groups excluding carboxylic acids is 1. The average molecular weight is 294 g/mol. The molecule has 3 rings (SSSR count). The molecule has 5 nitrogen and oxygen atoms in total. The molecule has 1 saturated heterocycles. The van der Waals surface area contributed by atoms with E-state index in [1.807, 2.05) is 32.0 Å². The van der Waals surface area contributed by atoms with Gasteiger partial charge in [0.25, 0.3) is 5.91 Å². The molecule has 0 N–H and O–H groups in total. The molecule has 0 radical (unpaired) electrons. The first kappa shape index (κ1) is 13.4. The van der Waals surface area contributed by atoms with E-state index >= 15 is 0 Å². The van der Waals surface area contributed by atoms with Gasteiger partial charge in [-0.15, -0.1) is 0 Å². The number of imidazole rings is 1. The maximum atomic E-state index is 12.7. The van der Waals surface area contributed by atoms with E-state index in [9.17, 15) is 4.79 Å². The lowest BCUT2D eigenvalue weighted by Gasteiger charge is -2.38. The third-order valence-electron chi connectivity index (χ3n) is 3.40. The first-order chi connectivity index (χ1) is 9.48. The minimum atomic E-state index is -0.332. The summed E-state index contributed by atoms with van der Waals surface area (Å²) in [7, 11) is 0. The normalized spacial score (nSPS) is 18.4. The first-order valence-electron chi connectivity index (χ1n) is 6.54. The molecule has 0 atom stereocenters. The second kappa shape index (κ2) is 4.75. The van der Waals surface area contributed by atoms with Gasteiger partial charge in [0.1, 0.15) is 5.65 Å². The SMILES string of the molecule is CC1(C)CN(C(=O)c2c(Cl)nc3ccccn23)CCO1. The van der Waals surface area contributed by atoms with E-state index in [1.54, 1.807) is 15.5 Å². The van der Waals surface area contributed by atoms with Crippen molar-refractivity contribution in [2.75, 3.05) is 19.7 Å². The van der Waals surface area contributed by atoms with Crippen LogP contribution < -0.4 is 0 Å². The zero-order chi connectivity index (χ0) is 14.3. The highest BCUT2D eigenvalue weighted by atomic mass is 35.5. The molecule has 1 aliphatic heterocycles. The van der Waals surface area contributed by atoms with Crippen molar-refractivity contribution >= 4 is 23.2 Å². The van der Waals surface area contributed by atoms with Crippen LogP contribution in [0.15, 0.2) is 24.4 Å². The van der Waals surface area contributed by atoms with Crippen molar-refractivity contribution in [1.82, 2.24) is 14.3 Å². The van der Waals surface area contributed by atoms with Crippen molar-refractivity contribution in [3.05, 3.63) is 35.2 Å². The number of pyridine rings is 1. The van der Waals surface area contributed by atoms with Gasteiger partial charge in [-0.05, 0) is 26.0 Å². The number of morpholine rings is 1. The standard InChI is InChI=1S/C14H16ClN3O2/c1-14(2)9-17(7-8-20-14)13(19)11-12(15)16-10-5-3-4-6-18(10)11/h3-6H,7-9H2,1-2H3. The zero-order valence-corrected chi connectivity index (χ0v) is 12.2. The zero-order valence-electron chi connectivity index (χ0n) is 11.5. The number of amides is 1. The summed E-state index contributed by atoms with van der Waals surface area (Å²) >= 11 is 6.14. The lowest BCUT2D eigenvalue weighted by molar-refractivity contribution is -0.0765. The van der Waals surface area contributed by atoms with E-state index in [-0.39, 0.29) is 16.7 Å². The van der Waals surface area contributed by atoms with Gasteiger partial charge in [-0.3, -0.25) is 9.20 Å². The van der Waals surface area contributed by atoms with Crippen LogP contribution in [0.25, 0.3) is 5.65 Å². The van der Waals surface area contributed by atoms with Gasteiger partial charge in [-0.2, -0.15) is 0 Å². The summed E-state index contributed by atoms with van der Waals surface area (Å²) in [6, 6.07) is 5.54. The number of hydrogen-bond donors (Lipinski definition) is 0. The van der Waals surface area contributed by atoms with Crippen LogP contribution in [-0.4, -0.2) is 45.5 Å². The van der Waals surface area contributed by atoms with Gasteiger partial charge in [0, 0.05) is 19.3 Å². The Morgan fingerprint density at radius 2 is 2.25 bits per heavy atom. The summed E-state index contributed by atoms with van der Waals surface area (Å²) < 4.78 is 7.36.